The number of esters is 1. The average Bonchev–Trinajstić information content (AvgIpc) is 3.00. The van der Waals surface area contributed by atoms with Gasteiger partial charge in [-0.15, -0.1) is 0 Å². The Morgan fingerprint density at radius 3 is 2.95 bits per heavy atom. The maximum atomic E-state index is 11.8. The highest BCUT2D eigenvalue weighted by molar-refractivity contribution is 5.89. The number of amides is 1. The summed E-state index contributed by atoms with van der Waals surface area (Å²) in [6.07, 6.45) is 0.838. The van der Waals surface area contributed by atoms with Crippen LogP contribution in [0.25, 0.3) is 0 Å². The SMILES string of the molecule is CCNC(=O)OC1OC=C(C(=O)OC)C2CC3OC3(C)C12. The Morgan fingerprint density at radius 1 is 1.52 bits per heavy atom. The highest BCUT2D eigenvalue weighted by Crippen LogP contribution is 2.60. The van der Waals surface area contributed by atoms with Crippen LogP contribution in [0.4, 0.5) is 4.79 Å². The van der Waals surface area contributed by atoms with Crippen molar-refractivity contribution in [3.63, 3.8) is 0 Å². The third-order valence-corrected chi connectivity index (χ3v) is 4.53. The summed E-state index contributed by atoms with van der Waals surface area (Å²) in [5.41, 5.74) is 0.0744. The van der Waals surface area contributed by atoms with Crippen molar-refractivity contribution < 1.29 is 28.5 Å². The molecule has 0 radical (unpaired) electrons. The lowest BCUT2D eigenvalue weighted by Gasteiger charge is -2.35. The molecule has 0 aromatic carbocycles. The van der Waals surface area contributed by atoms with E-state index in [0.29, 0.717) is 18.5 Å². The number of fused-ring (bicyclic) bond motifs is 3. The van der Waals surface area contributed by atoms with E-state index in [1.807, 2.05) is 6.92 Å². The number of nitrogens with one attached hydrogen (secondary N) is 1. The first-order valence-corrected chi connectivity index (χ1v) is 7.07. The second kappa shape index (κ2) is 4.91. The molecular weight excluding hydrogens is 278 g/mol. The van der Waals surface area contributed by atoms with E-state index in [-0.39, 0.29) is 17.9 Å². The number of hydrogen-bond acceptors (Lipinski definition) is 6. The first-order chi connectivity index (χ1) is 10.0. The predicted molar refractivity (Wildman–Crippen MR) is 70.0 cm³/mol. The molecule has 1 saturated heterocycles. The minimum atomic E-state index is -0.757. The van der Waals surface area contributed by atoms with Crippen LogP contribution in [0.3, 0.4) is 0 Å². The fourth-order valence-corrected chi connectivity index (χ4v) is 3.43. The zero-order valence-electron chi connectivity index (χ0n) is 12.3. The topological polar surface area (TPSA) is 86.4 Å². The van der Waals surface area contributed by atoms with Crippen molar-refractivity contribution in [2.24, 2.45) is 11.8 Å². The molecule has 3 aliphatic rings. The standard InChI is InChI=1S/C14H19NO6/c1-4-15-13(17)20-12-10-7(5-9-14(10,2)21-9)8(6-19-12)11(16)18-3/h6-7,9-10,12H,4-5H2,1-3H3,(H,15,17). The largest absolute Gasteiger partial charge is 0.466 e. The normalized spacial score (nSPS) is 39.3. The van der Waals surface area contributed by atoms with Crippen molar-refractivity contribution in [1.29, 1.82) is 0 Å². The van der Waals surface area contributed by atoms with Gasteiger partial charge in [0.15, 0.2) is 0 Å². The fraction of sp³-hybridized carbons (Fsp3) is 0.714. The Labute approximate surface area is 122 Å². The van der Waals surface area contributed by atoms with E-state index in [2.05, 4.69) is 5.32 Å². The molecule has 1 saturated carbocycles. The maximum absolute atomic E-state index is 11.8. The highest BCUT2D eigenvalue weighted by atomic mass is 16.7. The molecule has 7 heteroatoms. The first-order valence-electron chi connectivity index (χ1n) is 7.07. The highest BCUT2D eigenvalue weighted by Gasteiger charge is 2.71. The van der Waals surface area contributed by atoms with E-state index in [1.165, 1.54) is 13.4 Å². The number of epoxide rings is 1. The maximum Gasteiger partial charge on any atom is 0.410 e. The zero-order valence-corrected chi connectivity index (χ0v) is 12.3. The van der Waals surface area contributed by atoms with E-state index in [4.69, 9.17) is 18.9 Å². The van der Waals surface area contributed by atoms with E-state index in [0.717, 1.165) is 0 Å². The van der Waals surface area contributed by atoms with Gasteiger partial charge in [-0.3, -0.25) is 0 Å². The van der Waals surface area contributed by atoms with Crippen LogP contribution in [0.5, 0.6) is 0 Å². The monoisotopic (exact) mass is 297 g/mol. The Kier molecular flexibility index (Phi) is 3.32. The third kappa shape index (κ3) is 2.16. The van der Waals surface area contributed by atoms with Gasteiger partial charge in [0.25, 0.3) is 6.29 Å². The van der Waals surface area contributed by atoms with Gasteiger partial charge in [-0.1, -0.05) is 0 Å². The van der Waals surface area contributed by atoms with Crippen molar-refractivity contribution >= 4 is 12.1 Å². The van der Waals surface area contributed by atoms with Crippen molar-refractivity contribution in [3.05, 3.63) is 11.8 Å². The molecule has 7 nitrogen and oxygen atoms in total. The summed E-state index contributed by atoms with van der Waals surface area (Å²) in [5, 5.41) is 2.56. The lowest BCUT2D eigenvalue weighted by molar-refractivity contribution is -0.150. The van der Waals surface area contributed by atoms with Crippen LogP contribution in [0.1, 0.15) is 20.3 Å². The van der Waals surface area contributed by atoms with Crippen molar-refractivity contribution in [2.45, 2.75) is 38.3 Å². The number of carbonyl (C=O) groups is 2. The quantitative estimate of drug-likeness (QED) is 0.616. The average molecular weight is 297 g/mol. The Hall–Kier alpha value is -1.76. The molecule has 0 aromatic rings. The second-order valence-corrected chi connectivity index (χ2v) is 5.66. The minimum Gasteiger partial charge on any atom is -0.466 e. The number of methoxy groups -OCH3 is 1. The molecule has 1 aliphatic carbocycles. The lowest BCUT2D eigenvalue weighted by atomic mass is 9.82. The van der Waals surface area contributed by atoms with E-state index >= 15 is 0 Å². The molecule has 3 rings (SSSR count). The molecule has 0 spiro atoms. The van der Waals surface area contributed by atoms with Crippen LogP contribution in [-0.4, -0.2) is 43.7 Å². The second-order valence-electron chi connectivity index (χ2n) is 5.66. The smallest absolute Gasteiger partial charge is 0.410 e. The molecular formula is C14H19NO6. The first kappa shape index (κ1) is 14.2. The molecule has 5 unspecified atom stereocenters. The van der Waals surface area contributed by atoms with Gasteiger partial charge >= 0.3 is 12.1 Å². The summed E-state index contributed by atoms with van der Waals surface area (Å²) in [4.78, 5) is 23.5. The number of ether oxygens (including phenoxy) is 4. The van der Waals surface area contributed by atoms with Crippen molar-refractivity contribution in [1.82, 2.24) is 5.32 Å². The van der Waals surface area contributed by atoms with Gasteiger partial charge in [0, 0.05) is 12.5 Å². The number of hydrogen-bond donors (Lipinski definition) is 1. The predicted octanol–water partition coefficient (Wildman–Crippen LogP) is 0.939. The number of alkyl carbamates (subject to hydrolysis) is 1. The van der Waals surface area contributed by atoms with E-state index in [9.17, 15) is 9.59 Å². The molecule has 2 aliphatic heterocycles. The van der Waals surface area contributed by atoms with Crippen LogP contribution < -0.4 is 5.32 Å². The van der Waals surface area contributed by atoms with Crippen LogP contribution in [0.2, 0.25) is 0 Å². The molecule has 0 aromatic heterocycles. The lowest BCUT2D eigenvalue weighted by Crippen LogP contribution is -2.44. The Balaban J connectivity index is 1.82. The molecule has 21 heavy (non-hydrogen) atoms. The molecule has 5 atom stereocenters. The summed E-state index contributed by atoms with van der Waals surface area (Å²) < 4.78 is 21.3. The summed E-state index contributed by atoms with van der Waals surface area (Å²) in [6.45, 7) is 4.23. The Morgan fingerprint density at radius 2 is 2.29 bits per heavy atom. The number of rotatable bonds is 3. The summed E-state index contributed by atoms with van der Waals surface area (Å²) in [7, 11) is 1.34. The molecule has 116 valence electrons. The van der Waals surface area contributed by atoms with Crippen molar-refractivity contribution in [3.8, 4) is 0 Å². The minimum absolute atomic E-state index is 0.0718. The van der Waals surface area contributed by atoms with Gasteiger partial charge in [0.05, 0.1) is 31.0 Å². The Bertz CT molecular complexity index is 504. The van der Waals surface area contributed by atoms with Gasteiger partial charge in [-0.05, 0) is 20.3 Å². The molecule has 0 bridgehead atoms. The van der Waals surface area contributed by atoms with Crippen LogP contribution in [-0.2, 0) is 23.7 Å². The van der Waals surface area contributed by atoms with Crippen molar-refractivity contribution in [2.75, 3.05) is 13.7 Å². The summed E-state index contributed by atoms with van der Waals surface area (Å²) in [6, 6.07) is 0. The number of carbonyl (C=O) groups excluding carboxylic acids is 2. The van der Waals surface area contributed by atoms with Crippen LogP contribution >= 0.6 is 0 Å². The summed E-state index contributed by atoms with van der Waals surface area (Å²) >= 11 is 0. The van der Waals surface area contributed by atoms with E-state index in [1.54, 1.807) is 6.92 Å². The van der Waals surface area contributed by atoms with Gasteiger partial charge in [-0.25, -0.2) is 9.59 Å². The molecule has 2 heterocycles. The van der Waals surface area contributed by atoms with Gasteiger partial charge < -0.3 is 24.3 Å². The molecule has 1 N–H and O–H groups in total. The summed E-state index contributed by atoms with van der Waals surface area (Å²) in [5.74, 6) is -0.690. The van der Waals surface area contributed by atoms with Crippen LogP contribution in [0.15, 0.2) is 11.8 Å². The van der Waals surface area contributed by atoms with E-state index < -0.39 is 24.0 Å². The molecule has 2 fully saturated rings. The van der Waals surface area contributed by atoms with Crippen LogP contribution in [0, 0.1) is 11.8 Å². The van der Waals surface area contributed by atoms with Gasteiger partial charge in [-0.2, -0.15) is 0 Å². The fourth-order valence-electron chi connectivity index (χ4n) is 3.43. The molecule has 1 amide bonds. The van der Waals surface area contributed by atoms with Gasteiger partial charge in [0.2, 0.25) is 0 Å². The zero-order chi connectivity index (χ0) is 15.2. The third-order valence-electron chi connectivity index (χ3n) is 4.53. The van der Waals surface area contributed by atoms with Gasteiger partial charge in [0.1, 0.15) is 5.60 Å².